The summed E-state index contributed by atoms with van der Waals surface area (Å²) in [5.74, 6) is -0.951. The van der Waals surface area contributed by atoms with Crippen LogP contribution in [0.15, 0.2) is 18.2 Å². The van der Waals surface area contributed by atoms with E-state index < -0.39 is 15.8 Å². The second-order valence-electron chi connectivity index (χ2n) is 4.02. The number of hydrogen-bond donors (Lipinski definition) is 3. The number of benzene rings is 1. The van der Waals surface area contributed by atoms with E-state index in [-0.39, 0.29) is 11.3 Å². The summed E-state index contributed by atoms with van der Waals surface area (Å²) in [7, 11) is -2.98. The van der Waals surface area contributed by atoms with Crippen LogP contribution in [0.2, 0.25) is 0 Å². The first-order valence-electron chi connectivity index (χ1n) is 5.34. The molecule has 0 bridgehead atoms. The van der Waals surface area contributed by atoms with Gasteiger partial charge in [-0.15, -0.1) is 0 Å². The van der Waals surface area contributed by atoms with Gasteiger partial charge in [0.05, 0.1) is 22.7 Å². The van der Waals surface area contributed by atoms with Crippen LogP contribution in [0, 0.1) is 0 Å². The van der Waals surface area contributed by atoms with Crippen molar-refractivity contribution in [2.24, 2.45) is 0 Å². The van der Waals surface area contributed by atoms with Gasteiger partial charge in [0.2, 0.25) is 0 Å². The number of carboxylic acids is 1. The second kappa shape index (κ2) is 5.72. The molecule has 1 aromatic carbocycles. The third-order valence-corrected chi connectivity index (χ3v) is 3.34. The van der Waals surface area contributed by atoms with Gasteiger partial charge in [0.15, 0.2) is 0 Å². The number of hydrogen-bond acceptors (Lipinski definition) is 5. The molecule has 6 nitrogen and oxygen atoms in total. The predicted octanol–water partition coefficient (Wildman–Crippen LogP) is 0.814. The summed E-state index contributed by atoms with van der Waals surface area (Å²) in [5, 5.41) is 11.8. The van der Waals surface area contributed by atoms with Gasteiger partial charge in [0, 0.05) is 12.8 Å². The molecule has 100 valence electrons. The molecule has 0 saturated heterocycles. The van der Waals surface area contributed by atoms with E-state index in [1.807, 2.05) is 0 Å². The lowest BCUT2D eigenvalue weighted by Gasteiger charge is -2.09. The normalized spacial score (nSPS) is 11.2. The van der Waals surface area contributed by atoms with Crippen LogP contribution in [0.25, 0.3) is 0 Å². The van der Waals surface area contributed by atoms with E-state index in [4.69, 9.17) is 10.8 Å². The number of anilines is 2. The molecule has 0 aliphatic rings. The van der Waals surface area contributed by atoms with Crippen LogP contribution < -0.4 is 11.1 Å². The fourth-order valence-electron chi connectivity index (χ4n) is 1.40. The first kappa shape index (κ1) is 14.3. The third-order valence-electron chi connectivity index (χ3n) is 2.31. The zero-order valence-corrected chi connectivity index (χ0v) is 10.8. The molecule has 0 aliphatic carbocycles. The minimum absolute atomic E-state index is 0.0819. The van der Waals surface area contributed by atoms with E-state index in [9.17, 15) is 13.2 Å². The van der Waals surface area contributed by atoms with Crippen molar-refractivity contribution in [2.75, 3.05) is 29.6 Å². The molecule has 0 spiro atoms. The summed E-state index contributed by atoms with van der Waals surface area (Å²) < 4.78 is 21.8. The van der Waals surface area contributed by atoms with Crippen molar-refractivity contribution >= 4 is 27.2 Å². The van der Waals surface area contributed by atoms with E-state index >= 15 is 0 Å². The highest BCUT2D eigenvalue weighted by molar-refractivity contribution is 7.90. The molecule has 4 N–H and O–H groups in total. The summed E-state index contributed by atoms with van der Waals surface area (Å²) in [5.41, 5.74) is 6.75. The molecule has 1 aromatic rings. The average molecular weight is 272 g/mol. The van der Waals surface area contributed by atoms with Gasteiger partial charge in [0.1, 0.15) is 9.84 Å². The average Bonchev–Trinajstić information content (AvgIpc) is 2.24. The van der Waals surface area contributed by atoms with Crippen LogP contribution in [0.1, 0.15) is 16.8 Å². The minimum atomic E-state index is -2.98. The van der Waals surface area contributed by atoms with Gasteiger partial charge in [-0.3, -0.25) is 0 Å². The predicted molar refractivity (Wildman–Crippen MR) is 70.6 cm³/mol. The van der Waals surface area contributed by atoms with E-state index in [1.165, 1.54) is 24.5 Å². The molecule has 0 unspecified atom stereocenters. The lowest BCUT2D eigenvalue weighted by molar-refractivity contribution is 0.0697. The molecule has 0 atom stereocenters. The number of nitrogens with one attached hydrogen (secondary N) is 1. The van der Waals surface area contributed by atoms with Crippen LogP contribution in [-0.4, -0.2) is 38.0 Å². The lowest BCUT2D eigenvalue weighted by atomic mass is 10.1. The van der Waals surface area contributed by atoms with Gasteiger partial charge in [-0.05, 0) is 24.6 Å². The molecule has 0 fully saturated rings. The van der Waals surface area contributed by atoms with Gasteiger partial charge in [0.25, 0.3) is 0 Å². The van der Waals surface area contributed by atoms with Crippen LogP contribution in [0.5, 0.6) is 0 Å². The van der Waals surface area contributed by atoms with E-state index in [0.29, 0.717) is 24.3 Å². The Morgan fingerprint density at radius 2 is 2.11 bits per heavy atom. The standard InChI is InChI=1S/C11H16N2O4S/c1-18(16,17)6-2-5-13-10-7-8(11(14)15)3-4-9(10)12/h3-4,7,13H,2,5-6,12H2,1H3,(H,14,15). The van der Waals surface area contributed by atoms with Crippen LogP contribution >= 0.6 is 0 Å². The van der Waals surface area contributed by atoms with Gasteiger partial charge < -0.3 is 16.2 Å². The number of carbonyl (C=O) groups is 1. The monoisotopic (exact) mass is 272 g/mol. The first-order chi connectivity index (χ1) is 8.29. The van der Waals surface area contributed by atoms with Gasteiger partial charge in [-0.1, -0.05) is 0 Å². The molecule has 0 aliphatic heterocycles. The number of aromatic carboxylic acids is 1. The third kappa shape index (κ3) is 4.62. The largest absolute Gasteiger partial charge is 0.478 e. The fraction of sp³-hybridized carbons (Fsp3) is 0.364. The zero-order valence-electron chi connectivity index (χ0n) is 10.0. The molecule has 0 saturated carbocycles. The lowest BCUT2D eigenvalue weighted by Crippen LogP contribution is -2.11. The molecular formula is C11H16N2O4S. The smallest absolute Gasteiger partial charge is 0.335 e. The molecule has 0 heterocycles. The number of sulfone groups is 1. The summed E-state index contributed by atoms with van der Waals surface area (Å²) >= 11 is 0. The van der Waals surface area contributed by atoms with Crippen molar-refractivity contribution in [1.82, 2.24) is 0 Å². The highest BCUT2D eigenvalue weighted by Gasteiger charge is 2.07. The van der Waals surface area contributed by atoms with Gasteiger partial charge in [-0.2, -0.15) is 0 Å². The van der Waals surface area contributed by atoms with Crippen LogP contribution in [0.4, 0.5) is 11.4 Å². The Hall–Kier alpha value is -1.76. The minimum Gasteiger partial charge on any atom is -0.478 e. The Morgan fingerprint density at radius 3 is 2.67 bits per heavy atom. The number of nitrogens with two attached hydrogens (primary N) is 1. The number of nitrogen functional groups attached to an aromatic ring is 1. The van der Waals surface area contributed by atoms with E-state index in [0.717, 1.165) is 0 Å². The van der Waals surface area contributed by atoms with Gasteiger partial charge in [-0.25, -0.2) is 13.2 Å². The van der Waals surface area contributed by atoms with Crippen molar-refractivity contribution in [2.45, 2.75) is 6.42 Å². The molecule has 18 heavy (non-hydrogen) atoms. The fourth-order valence-corrected chi connectivity index (χ4v) is 2.07. The summed E-state index contributed by atoms with van der Waals surface area (Å²) in [6.45, 7) is 0.417. The van der Waals surface area contributed by atoms with E-state index in [2.05, 4.69) is 5.32 Å². The Kier molecular flexibility index (Phi) is 4.55. The molecule has 0 radical (unpaired) electrons. The Labute approximate surface area is 106 Å². The van der Waals surface area contributed by atoms with E-state index in [1.54, 1.807) is 0 Å². The quantitative estimate of drug-likeness (QED) is 0.522. The summed E-state index contributed by atoms with van der Waals surface area (Å²) in [6.07, 6.45) is 1.61. The molecule has 7 heteroatoms. The molecule has 0 amide bonds. The van der Waals surface area contributed by atoms with Crippen molar-refractivity contribution in [3.05, 3.63) is 23.8 Å². The van der Waals surface area contributed by atoms with Gasteiger partial charge >= 0.3 is 5.97 Å². The van der Waals surface area contributed by atoms with Crippen molar-refractivity contribution in [1.29, 1.82) is 0 Å². The molecule has 1 rings (SSSR count). The Morgan fingerprint density at radius 1 is 1.44 bits per heavy atom. The maximum atomic E-state index is 10.9. The highest BCUT2D eigenvalue weighted by Crippen LogP contribution is 2.19. The molecular weight excluding hydrogens is 256 g/mol. The Balaban J connectivity index is 2.61. The molecule has 0 aromatic heterocycles. The first-order valence-corrected chi connectivity index (χ1v) is 7.40. The topological polar surface area (TPSA) is 109 Å². The van der Waals surface area contributed by atoms with Crippen molar-refractivity contribution in [3.63, 3.8) is 0 Å². The Bertz CT molecular complexity index is 540. The summed E-state index contributed by atoms with van der Waals surface area (Å²) in [4.78, 5) is 10.8. The van der Waals surface area contributed by atoms with Crippen LogP contribution in [0.3, 0.4) is 0 Å². The van der Waals surface area contributed by atoms with Crippen molar-refractivity contribution in [3.8, 4) is 0 Å². The van der Waals surface area contributed by atoms with Crippen LogP contribution in [-0.2, 0) is 9.84 Å². The maximum Gasteiger partial charge on any atom is 0.335 e. The SMILES string of the molecule is CS(=O)(=O)CCCNc1cc(C(=O)O)ccc1N. The second-order valence-corrected chi connectivity index (χ2v) is 6.28. The van der Waals surface area contributed by atoms with Crippen molar-refractivity contribution < 1.29 is 18.3 Å². The number of carboxylic acid groups (broad SMARTS) is 1. The maximum absolute atomic E-state index is 10.9. The zero-order chi connectivity index (χ0) is 13.8. The highest BCUT2D eigenvalue weighted by atomic mass is 32.2. The number of rotatable bonds is 6. The summed E-state index contributed by atoms with van der Waals surface area (Å²) in [6, 6.07) is 4.35.